The third-order valence-electron chi connectivity index (χ3n) is 3.84. The normalized spacial score (nSPS) is 11.4. The van der Waals surface area contributed by atoms with Crippen LogP contribution in [0.3, 0.4) is 0 Å². The van der Waals surface area contributed by atoms with Crippen LogP contribution in [0.25, 0.3) is 0 Å². The lowest BCUT2D eigenvalue weighted by atomic mass is 10.1. The number of amides is 1. The Bertz CT molecular complexity index is 703. The second kappa shape index (κ2) is 9.79. The third kappa shape index (κ3) is 6.19. The SMILES string of the molecule is CCCCNC(=S)NC(C)c1cccc(NC(=O)c2ccccc2)c1. The van der Waals surface area contributed by atoms with Crippen molar-refractivity contribution in [3.05, 3.63) is 65.7 Å². The second-order valence-corrected chi connectivity index (χ2v) is 6.33. The smallest absolute Gasteiger partial charge is 0.255 e. The fourth-order valence-corrected chi connectivity index (χ4v) is 2.67. The first-order valence-electron chi connectivity index (χ1n) is 8.61. The second-order valence-electron chi connectivity index (χ2n) is 5.92. The van der Waals surface area contributed by atoms with Crippen LogP contribution in [0.15, 0.2) is 54.6 Å². The maximum absolute atomic E-state index is 12.3. The van der Waals surface area contributed by atoms with E-state index in [1.165, 1.54) is 0 Å². The van der Waals surface area contributed by atoms with Gasteiger partial charge in [0.15, 0.2) is 5.11 Å². The molecule has 2 aromatic rings. The van der Waals surface area contributed by atoms with E-state index in [0.29, 0.717) is 10.7 Å². The van der Waals surface area contributed by atoms with Gasteiger partial charge in [-0.2, -0.15) is 0 Å². The van der Waals surface area contributed by atoms with Crippen molar-refractivity contribution in [1.29, 1.82) is 0 Å². The molecule has 132 valence electrons. The molecular formula is C20H25N3OS. The molecule has 0 saturated carbocycles. The van der Waals surface area contributed by atoms with Crippen LogP contribution in [0.5, 0.6) is 0 Å². The van der Waals surface area contributed by atoms with E-state index in [1.54, 1.807) is 12.1 Å². The molecule has 1 unspecified atom stereocenters. The van der Waals surface area contributed by atoms with E-state index in [0.717, 1.165) is 30.6 Å². The average molecular weight is 356 g/mol. The molecular weight excluding hydrogens is 330 g/mol. The highest BCUT2D eigenvalue weighted by Crippen LogP contribution is 2.18. The zero-order valence-electron chi connectivity index (χ0n) is 14.7. The number of carbonyl (C=O) groups excluding carboxylic acids is 1. The predicted octanol–water partition coefficient (Wildman–Crippen LogP) is 4.26. The highest BCUT2D eigenvalue weighted by atomic mass is 32.1. The lowest BCUT2D eigenvalue weighted by Crippen LogP contribution is -2.37. The number of hydrogen-bond acceptors (Lipinski definition) is 2. The zero-order valence-corrected chi connectivity index (χ0v) is 15.5. The summed E-state index contributed by atoms with van der Waals surface area (Å²) >= 11 is 5.32. The Balaban J connectivity index is 1.96. The molecule has 2 rings (SSSR count). The molecule has 0 radical (unpaired) electrons. The molecule has 0 heterocycles. The highest BCUT2D eigenvalue weighted by molar-refractivity contribution is 7.80. The Hall–Kier alpha value is -2.40. The maximum Gasteiger partial charge on any atom is 0.255 e. The van der Waals surface area contributed by atoms with Gasteiger partial charge in [0.25, 0.3) is 5.91 Å². The minimum atomic E-state index is -0.116. The molecule has 0 spiro atoms. The van der Waals surface area contributed by atoms with Crippen molar-refractivity contribution in [2.24, 2.45) is 0 Å². The number of benzene rings is 2. The van der Waals surface area contributed by atoms with Crippen molar-refractivity contribution >= 4 is 28.9 Å². The van der Waals surface area contributed by atoms with Gasteiger partial charge in [-0.3, -0.25) is 4.79 Å². The summed E-state index contributed by atoms with van der Waals surface area (Å²) < 4.78 is 0. The van der Waals surface area contributed by atoms with Crippen LogP contribution in [0.1, 0.15) is 48.7 Å². The summed E-state index contributed by atoms with van der Waals surface area (Å²) in [5.74, 6) is -0.116. The number of rotatable bonds is 7. The number of unbranched alkanes of at least 4 members (excludes halogenated alkanes) is 1. The fourth-order valence-electron chi connectivity index (χ4n) is 2.39. The Labute approximate surface area is 155 Å². The molecule has 5 heteroatoms. The number of hydrogen-bond donors (Lipinski definition) is 3. The summed E-state index contributed by atoms with van der Waals surface area (Å²) in [6, 6.07) is 17.0. The van der Waals surface area contributed by atoms with Crippen molar-refractivity contribution in [2.45, 2.75) is 32.7 Å². The molecule has 0 aliphatic heterocycles. The summed E-state index contributed by atoms with van der Waals surface area (Å²) in [5, 5.41) is 10.1. The van der Waals surface area contributed by atoms with Crippen LogP contribution in [0.4, 0.5) is 5.69 Å². The van der Waals surface area contributed by atoms with Crippen molar-refractivity contribution in [2.75, 3.05) is 11.9 Å². The van der Waals surface area contributed by atoms with Crippen LogP contribution in [-0.2, 0) is 0 Å². The molecule has 0 aliphatic carbocycles. The summed E-state index contributed by atoms with van der Waals surface area (Å²) in [6.45, 7) is 5.07. The van der Waals surface area contributed by atoms with Gasteiger partial charge in [0.05, 0.1) is 6.04 Å². The lowest BCUT2D eigenvalue weighted by molar-refractivity contribution is 0.102. The van der Waals surface area contributed by atoms with Gasteiger partial charge in [-0.05, 0) is 55.4 Å². The largest absolute Gasteiger partial charge is 0.363 e. The minimum absolute atomic E-state index is 0.0511. The van der Waals surface area contributed by atoms with Crippen molar-refractivity contribution in [3.8, 4) is 0 Å². The first-order valence-corrected chi connectivity index (χ1v) is 9.01. The van der Waals surface area contributed by atoms with Crippen molar-refractivity contribution in [1.82, 2.24) is 10.6 Å². The van der Waals surface area contributed by atoms with Gasteiger partial charge in [0.1, 0.15) is 0 Å². The molecule has 25 heavy (non-hydrogen) atoms. The molecule has 0 saturated heterocycles. The standard InChI is InChI=1S/C20H25N3OS/c1-3-4-13-21-20(25)22-15(2)17-11-8-12-18(14-17)23-19(24)16-9-6-5-7-10-16/h5-12,14-15H,3-4,13H2,1-2H3,(H,23,24)(H2,21,22,25). The van der Waals surface area contributed by atoms with Gasteiger partial charge in [-0.25, -0.2) is 0 Å². The Kier molecular flexibility index (Phi) is 7.41. The monoisotopic (exact) mass is 355 g/mol. The summed E-state index contributed by atoms with van der Waals surface area (Å²) in [5.41, 5.74) is 2.47. The first-order chi connectivity index (χ1) is 12.1. The van der Waals surface area contributed by atoms with E-state index < -0.39 is 0 Å². The van der Waals surface area contributed by atoms with E-state index in [-0.39, 0.29) is 11.9 Å². The van der Waals surface area contributed by atoms with Gasteiger partial charge in [-0.15, -0.1) is 0 Å². The van der Waals surface area contributed by atoms with E-state index in [2.05, 4.69) is 22.9 Å². The lowest BCUT2D eigenvalue weighted by Gasteiger charge is -2.18. The maximum atomic E-state index is 12.3. The minimum Gasteiger partial charge on any atom is -0.363 e. The average Bonchev–Trinajstić information content (AvgIpc) is 2.63. The molecule has 0 bridgehead atoms. The Morgan fingerprint density at radius 3 is 2.60 bits per heavy atom. The van der Waals surface area contributed by atoms with Crippen molar-refractivity contribution < 1.29 is 4.79 Å². The Morgan fingerprint density at radius 1 is 1.12 bits per heavy atom. The van der Waals surface area contributed by atoms with Crippen LogP contribution in [0.2, 0.25) is 0 Å². The predicted molar refractivity (Wildman–Crippen MR) is 108 cm³/mol. The number of anilines is 1. The molecule has 3 N–H and O–H groups in total. The van der Waals surface area contributed by atoms with Crippen LogP contribution >= 0.6 is 12.2 Å². The van der Waals surface area contributed by atoms with Crippen LogP contribution in [-0.4, -0.2) is 17.6 Å². The van der Waals surface area contributed by atoms with E-state index in [9.17, 15) is 4.79 Å². The summed E-state index contributed by atoms with van der Waals surface area (Å²) in [7, 11) is 0. The number of carbonyl (C=O) groups is 1. The molecule has 0 aromatic heterocycles. The molecule has 1 atom stereocenters. The van der Waals surface area contributed by atoms with E-state index in [4.69, 9.17) is 12.2 Å². The molecule has 1 amide bonds. The molecule has 2 aromatic carbocycles. The summed E-state index contributed by atoms with van der Waals surface area (Å²) in [6.07, 6.45) is 2.23. The van der Waals surface area contributed by atoms with Gasteiger partial charge in [-0.1, -0.05) is 43.7 Å². The Morgan fingerprint density at radius 2 is 1.88 bits per heavy atom. The van der Waals surface area contributed by atoms with E-state index in [1.807, 2.05) is 49.4 Å². The topological polar surface area (TPSA) is 53.2 Å². The van der Waals surface area contributed by atoms with Crippen LogP contribution in [0, 0.1) is 0 Å². The quantitative estimate of drug-likeness (QED) is 0.513. The van der Waals surface area contributed by atoms with Crippen LogP contribution < -0.4 is 16.0 Å². The molecule has 0 fully saturated rings. The number of nitrogens with one attached hydrogen (secondary N) is 3. The number of thiocarbonyl (C=S) groups is 1. The summed E-state index contributed by atoms with van der Waals surface area (Å²) in [4.78, 5) is 12.3. The highest BCUT2D eigenvalue weighted by Gasteiger charge is 2.09. The molecule has 0 aliphatic rings. The van der Waals surface area contributed by atoms with Gasteiger partial charge < -0.3 is 16.0 Å². The zero-order chi connectivity index (χ0) is 18.1. The first kappa shape index (κ1) is 18.9. The fraction of sp³-hybridized carbons (Fsp3) is 0.300. The van der Waals surface area contributed by atoms with Crippen molar-refractivity contribution in [3.63, 3.8) is 0 Å². The van der Waals surface area contributed by atoms with Gasteiger partial charge >= 0.3 is 0 Å². The third-order valence-corrected chi connectivity index (χ3v) is 4.11. The molecule has 4 nitrogen and oxygen atoms in total. The van der Waals surface area contributed by atoms with Gasteiger partial charge in [0.2, 0.25) is 0 Å². The van der Waals surface area contributed by atoms with E-state index >= 15 is 0 Å². The van der Waals surface area contributed by atoms with Gasteiger partial charge in [0, 0.05) is 17.8 Å².